The lowest BCUT2D eigenvalue weighted by Crippen LogP contribution is -2.51. The van der Waals surface area contributed by atoms with E-state index >= 15 is 0 Å². The van der Waals surface area contributed by atoms with Crippen molar-refractivity contribution < 1.29 is 19.1 Å². The first-order chi connectivity index (χ1) is 8.59. The van der Waals surface area contributed by atoms with Crippen LogP contribution in [0.2, 0.25) is 0 Å². The molecular weight excluding hydrogens is 240 g/mol. The normalized spacial score (nSPS) is 22.2. The van der Waals surface area contributed by atoms with Gasteiger partial charge < -0.3 is 10.1 Å². The molecule has 0 aromatic carbocycles. The topological polar surface area (TPSA) is 114 Å². The van der Waals surface area contributed by atoms with Gasteiger partial charge in [-0.2, -0.15) is 0 Å². The van der Waals surface area contributed by atoms with E-state index in [0.717, 1.165) is 4.90 Å². The summed E-state index contributed by atoms with van der Waals surface area (Å²) in [7, 11) is 0. The molecule has 4 amide bonds. The molecule has 2 rings (SSSR count). The Hall–Kier alpha value is -1.67. The Labute approximate surface area is 104 Å². The molecule has 0 atom stereocenters. The van der Waals surface area contributed by atoms with Gasteiger partial charge in [0.15, 0.2) is 0 Å². The highest BCUT2D eigenvalue weighted by Crippen LogP contribution is 2.28. The third-order valence-electron chi connectivity index (χ3n) is 3.32. The van der Waals surface area contributed by atoms with Crippen molar-refractivity contribution in [3.05, 3.63) is 0 Å². The minimum Gasteiger partial charge on any atom is -0.381 e. The molecule has 0 aliphatic carbocycles. The number of imide groups is 1. The molecule has 2 aliphatic heterocycles. The SMILES string of the molecule is NNC(=O)CCN1C(=O)NC2(CCOCC2)C1=O. The molecule has 100 valence electrons. The lowest BCUT2D eigenvalue weighted by atomic mass is 9.90. The van der Waals surface area contributed by atoms with Gasteiger partial charge in [-0.1, -0.05) is 0 Å². The standard InChI is InChI=1S/C10H16N4O4/c11-13-7(15)1-4-14-8(16)10(12-9(14)17)2-5-18-6-3-10/h1-6,11H2,(H,12,17)(H,13,15). The van der Waals surface area contributed by atoms with Gasteiger partial charge in [0.2, 0.25) is 5.91 Å². The van der Waals surface area contributed by atoms with E-state index in [1.165, 1.54) is 0 Å². The maximum atomic E-state index is 12.2. The van der Waals surface area contributed by atoms with E-state index in [4.69, 9.17) is 10.6 Å². The summed E-state index contributed by atoms with van der Waals surface area (Å²) >= 11 is 0. The number of carbonyl (C=O) groups is 3. The molecule has 2 heterocycles. The van der Waals surface area contributed by atoms with Crippen LogP contribution in [0.5, 0.6) is 0 Å². The molecule has 0 bridgehead atoms. The van der Waals surface area contributed by atoms with E-state index in [-0.39, 0.29) is 18.9 Å². The third kappa shape index (κ3) is 2.16. The summed E-state index contributed by atoms with van der Waals surface area (Å²) in [5.41, 5.74) is 1.12. The summed E-state index contributed by atoms with van der Waals surface area (Å²) in [6.07, 6.45) is 0.941. The van der Waals surface area contributed by atoms with Gasteiger partial charge in [-0.25, -0.2) is 10.6 Å². The maximum absolute atomic E-state index is 12.2. The first-order valence-corrected chi connectivity index (χ1v) is 5.80. The van der Waals surface area contributed by atoms with E-state index in [0.29, 0.717) is 26.1 Å². The Balaban J connectivity index is 2.02. The fourth-order valence-electron chi connectivity index (χ4n) is 2.22. The van der Waals surface area contributed by atoms with Gasteiger partial charge in [-0.05, 0) is 0 Å². The summed E-state index contributed by atoms with van der Waals surface area (Å²) < 4.78 is 5.19. The number of nitrogens with one attached hydrogen (secondary N) is 2. The highest BCUT2D eigenvalue weighted by Gasteiger charge is 2.51. The van der Waals surface area contributed by atoms with E-state index in [1.54, 1.807) is 0 Å². The van der Waals surface area contributed by atoms with Gasteiger partial charge in [-0.15, -0.1) is 0 Å². The molecular formula is C10H16N4O4. The number of hydrazine groups is 1. The Bertz CT molecular complexity index is 378. The van der Waals surface area contributed by atoms with Gasteiger partial charge in [0, 0.05) is 39.0 Å². The van der Waals surface area contributed by atoms with E-state index < -0.39 is 17.5 Å². The summed E-state index contributed by atoms with van der Waals surface area (Å²) in [6.45, 7) is 0.933. The van der Waals surface area contributed by atoms with Crippen LogP contribution in [0.15, 0.2) is 0 Å². The molecule has 0 aromatic rings. The van der Waals surface area contributed by atoms with Crippen LogP contribution in [-0.4, -0.2) is 48.0 Å². The highest BCUT2D eigenvalue weighted by molar-refractivity contribution is 6.07. The molecule has 4 N–H and O–H groups in total. The molecule has 2 aliphatic rings. The van der Waals surface area contributed by atoms with Crippen molar-refractivity contribution in [3.63, 3.8) is 0 Å². The zero-order valence-electron chi connectivity index (χ0n) is 9.90. The number of nitrogens with two attached hydrogens (primary N) is 1. The number of amides is 4. The summed E-state index contributed by atoms with van der Waals surface area (Å²) in [5.74, 6) is 4.25. The number of urea groups is 1. The van der Waals surface area contributed by atoms with E-state index in [9.17, 15) is 14.4 Å². The molecule has 0 saturated carbocycles. The second kappa shape index (κ2) is 4.91. The molecule has 0 aromatic heterocycles. The fourth-order valence-corrected chi connectivity index (χ4v) is 2.22. The molecule has 8 nitrogen and oxygen atoms in total. The van der Waals surface area contributed by atoms with E-state index in [1.807, 2.05) is 5.43 Å². The van der Waals surface area contributed by atoms with Crippen molar-refractivity contribution in [1.82, 2.24) is 15.6 Å². The number of hydrogen-bond donors (Lipinski definition) is 3. The van der Waals surface area contributed by atoms with Crippen LogP contribution in [0.25, 0.3) is 0 Å². The molecule has 2 fully saturated rings. The Morgan fingerprint density at radius 3 is 2.72 bits per heavy atom. The molecule has 0 unspecified atom stereocenters. The molecule has 18 heavy (non-hydrogen) atoms. The predicted molar refractivity (Wildman–Crippen MR) is 60.0 cm³/mol. The molecule has 1 spiro atoms. The van der Waals surface area contributed by atoms with Crippen LogP contribution in [0, 0.1) is 0 Å². The second-order valence-corrected chi connectivity index (χ2v) is 4.40. The average Bonchev–Trinajstić information content (AvgIpc) is 2.60. The number of rotatable bonds is 3. The Morgan fingerprint density at radius 1 is 1.44 bits per heavy atom. The number of hydrogen-bond acceptors (Lipinski definition) is 5. The van der Waals surface area contributed by atoms with Gasteiger partial charge >= 0.3 is 6.03 Å². The number of carbonyl (C=O) groups excluding carboxylic acids is 3. The third-order valence-corrected chi connectivity index (χ3v) is 3.32. The van der Waals surface area contributed by atoms with Crippen LogP contribution >= 0.6 is 0 Å². The van der Waals surface area contributed by atoms with Crippen LogP contribution in [0.3, 0.4) is 0 Å². The lowest BCUT2D eigenvalue weighted by Gasteiger charge is -2.30. The van der Waals surface area contributed by atoms with Gasteiger partial charge in [0.1, 0.15) is 5.54 Å². The van der Waals surface area contributed by atoms with Gasteiger partial charge in [0.05, 0.1) is 0 Å². The Kier molecular flexibility index (Phi) is 3.48. The van der Waals surface area contributed by atoms with Crippen LogP contribution < -0.4 is 16.6 Å². The molecule has 8 heteroatoms. The average molecular weight is 256 g/mol. The van der Waals surface area contributed by atoms with Crippen LogP contribution in [0.4, 0.5) is 4.79 Å². The Morgan fingerprint density at radius 2 is 2.11 bits per heavy atom. The van der Waals surface area contributed by atoms with Crippen molar-refractivity contribution in [2.24, 2.45) is 5.84 Å². The monoisotopic (exact) mass is 256 g/mol. The molecule has 0 radical (unpaired) electrons. The first-order valence-electron chi connectivity index (χ1n) is 5.80. The van der Waals surface area contributed by atoms with Gasteiger partial charge in [-0.3, -0.25) is 19.9 Å². The zero-order chi connectivity index (χ0) is 13.2. The number of nitrogens with zero attached hydrogens (tertiary/aromatic N) is 1. The summed E-state index contributed by atoms with van der Waals surface area (Å²) in [6, 6.07) is -0.452. The fraction of sp³-hybridized carbons (Fsp3) is 0.700. The quantitative estimate of drug-likeness (QED) is 0.245. The summed E-state index contributed by atoms with van der Waals surface area (Å²) in [5, 5.41) is 2.71. The van der Waals surface area contributed by atoms with Crippen molar-refractivity contribution in [3.8, 4) is 0 Å². The minimum atomic E-state index is -0.839. The summed E-state index contributed by atoms with van der Waals surface area (Å²) in [4.78, 5) is 36.1. The second-order valence-electron chi connectivity index (χ2n) is 4.40. The largest absolute Gasteiger partial charge is 0.381 e. The van der Waals surface area contributed by atoms with Crippen molar-refractivity contribution in [1.29, 1.82) is 0 Å². The van der Waals surface area contributed by atoms with E-state index in [2.05, 4.69) is 5.32 Å². The number of ether oxygens (including phenoxy) is 1. The highest BCUT2D eigenvalue weighted by atomic mass is 16.5. The lowest BCUT2D eigenvalue weighted by molar-refractivity contribution is -0.134. The molecule has 2 saturated heterocycles. The smallest absolute Gasteiger partial charge is 0.325 e. The predicted octanol–water partition coefficient (Wildman–Crippen LogP) is -1.53. The van der Waals surface area contributed by atoms with Crippen molar-refractivity contribution in [2.75, 3.05) is 19.8 Å². The van der Waals surface area contributed by atoms with Gasteiger partial charge in [0.25, 0.3) is 5.91 Å². The zero-order valence-corrected chi connectivity index (χ0v) is 9.90. The first kappa shape index (κ1) is 12.8. The van der Waals surface area contributed by atoms with Crippen molar-refractivity contribution >= 4 is 17.8 Å². The van der Waals surface area contributed by atoms with Crippen molar-refractivity contribution in [2.45, 2.75) is 24.8 Å². The minimum absolute atomic E-state index is 0.00222. The van der Waals surface area contributed by atoms with Crippen LogP contribution in [-0.2, 0) is 14.3 Å². The maximum Gasteiger partial charge on any atom is 0.325 e. The van der Waals surface area contributed by atoms with Crippen LogP contribution in [0.1, 0.15) is 19.3 Å².